The molecule has 0 saturated heterocycles. The molecule has 7 heteroatoms. The first-order valence-electron chi connectivity index (χ1n) is 11.5. The van der Waals surface area contributed by atoms with Gasteiger partial charge in [-0.25, -0.2) is 0 Å². The fourth-order valence-electron chi connectivity index (χ4n) is 4.15. The van der Waals surface area contributed by atoms with E-state index < -0.39 is 0 Å². The fourth-order valence-corrected chi connectivity index (χ4v) is 4.98. The van der Waals surface area contributed by atoms with Crippen LogP contribution in [-0.2, 0) is 17.9 Å². The third-order valence-electron chi connectivity index (χ3n) is 6.05. The van der Waals surface area contributed by atoms with Crippen molar-refractivity contribution in [1.82, 2.24) is 20.1 Å². The normalized spacial score (nSPS) is 18.9. The Balaban J connectivity index is 1.59. The van der Waals surface area contributed by atoms with Crippen LogP contribution < -0.4 is 10.1 Å². The lowest BCUT2D eigenvalue weighted by Gasteiger charge is -2.29. The molecule has 1 fully saturated rings. The quantitative estimate of drug-likeness (QED) is 0.545. The van der Waals surface area contributed by atoms with E-state index in [9.17, 15) is 4.79 Å². The van der Waals surface area contributed by atoms with E-state index in [0.29, 0.717) is 30.2 Å². The van der Waals surface area contributed by atoms with Gasteiger partial charge in [-0.05, 0) is 55.7 Å². The van der Waals surface area contributed by atoms with Crippen molar-refractivity contribution in [3.8, 4) is 5.75 Å². The van der Waals surface area contributed by atoms with Crippen LogP contribution in [0.1, 0.15) is 76.2 Å². The van der Waals surface area contributed by atoms with Gasteiger partial charge in [0.25, 0.3) is 0 Å². The highest BCUT2D eigenvalue weighted by Gasteiger charge is 2.23. The van der Waals surface area contributed by atoms with Gasteiger partial charge in [0.15, 0.2) is 11.0 Å². The summed E-state index contributed by atoms with van der Waals surface area (Å²) in [5.74, 6) is 3.06. The van der Waals surface area contributed by atoms with E-state index in [1.54, 1.807) is 0 Å². The molecule has 3 rings (SSSR count). The Kier molecular flexibility index (Phi) is 8.41. The fraction of sp³-hybridized carbons (Fsp3) is 0.625. The third kappa shape index (κ3) is 6.25. The van der Waals surface area contributed by atoms with E-state index in [-0.39, 0.29) is 5.91 Å². The van der Waals surface area contributed by atoms with Crippen LogP contribution in [0.2, 0.25) is 0 Å². The Bertz CT molecular complexity index is 880. The molecule has 2 aromatic rings. The summed E-state index contributed by atoms with van der Waals surface area (Å²) in [6, 6.07) is 6.63. The molecule has 0 spiro atoms. The molecule has 1 aliphatic rings. The number of carbonyl (C=O) groups is 1. The molecule has 170 valence electrons. The van der Waals surface area contributed by atoms with Crippen LogP contribution in [0, 0.1) is 12.8 Å². The summed E-state index contributed by atoms with van der Waals surface area (Å²) >= 11 is 1.44. The molecule has 31 heavy (non-hydrogen) atoms. The molecule has 1 N–H and O–H groups in total. The van der Waals surface area contributed by atoms with Crippen LogP contribution in [0.4, 0.5) is 0 Å². The van der Waals surface area contributed by atoms with Crippen LogP contribution in [0.5, 0.6) is 5.75 Å². The molecular formula is C24H36N4O2S. The number of rotatable bonds is 9. The molecule has 2 atom stereocenters. The monoisotopic (exact) mass is 444 g/mol. The van der Waals surface area contributed by atoms with Crippen molar-refractivity contribution in [2.45, 2.75) is 90.6 Å². The van der Waals surface area contributed by atoms with Crippen molar-refractivity contribution >= 4 is 17.7 Å². The lowest BCUT2D eigenvalue weighted by atomic mass is 9.86. The number of nitrogens with one attached hydrogen (secondary N) is 1. The molecule has 0 bridgehead atoms. The first-order valence-corrected chi connectivity index (χ1v) is 12.4. The highest BCUT2D eigenvalue weighted by atomic mass is 32.2. The molecule has 1 heterocycles. The predicted molar refractivity (Wildman–Crippen MR) is 126 cm³/mol. The molecule has 1 aromatic carbocycles. The lowest BCUT2D eigenvalue weighted by Crippen LogP contribution is -2.41. The molecule has 1 amide bonds. The van der Waals surface area contributed by atoms with Gasteiger partial charge in [0.2, 0.25) is 5.91 Å². The summed E-state index contributed by atoms with van der Waals surface area (Å²) in [7, 11) is 0. The summed E-state index contributed by atoms with van der Waals surface area (Å²) in [5.41, 5.74) is 2.36. The number of benzene rings is 1. The van der Waals surface area contributed by atoms with Crippen molar-refractivity contribution in [1.29, 1.82) is 0 Å². The van der Waals surface area contributed by atoms with Gasteiger partial charge >= 0.3 is 0 Å². The molecule has 1 aliphatic carbocycles. The third-order valence-corrected chi connectivity index (χ3v) is 7.01. The van der Waals surface area contributed by atoms with Gasteiger partial charge in [0.05, 0.1) is 5.75 Å². The van der Waals surface area contributed by atoms with E-state index in [0.717, 1.165) is 29.7 Å². The zero-order chi connectivity index (χ0) is 22.4. The topological polar surface area (TPSA) is 69.0 Å². The summed E-state index contributed by atoms with van der Waals surface area (Å²) in [4.78, 5) is 12.5. The second-order valence-electron chi connectivity index (χ2n) is 8.85. The number of carbonyl (C=O) groups excluding carboxylic acids is 1. The van der Waals surface area contributed by atoms with Gasteiger partial charge in [-0.1, -0.05) is 57.5 Å². The van der Waals surface area contributed by atoms with Crippen LogP contribution in [0.25, 0.3) is 0 Å². The highest BCUT2D eigenvalue weighted by molar-refractivity contribution is 7.99. The first kappa shape index (κ1) is 23.6. The smallest absolute Gasteiger partial charge is 0.230 e. The Hall–Kier alpha value is -2.02. The minimum Gasteiger partial charge on any atom is -0.485 e. The van der Waals surface area contributed by atoms with Gasteiger partial charge in [0.1, 0.15) is 12.4 Å². The Labute approximate surface area is 190 Å². The molecule has 0 unspecified atom stereocenters. The standard InChI is InChI=1S/C24H36N4O2S/c1-6-28-22(14-30-21-13-17(4)11-12-19(21)16(2)3)26-27-24(28)31-15-23(29)25-20-10-8-7-9-18(20)5/h11-13,16,18,20H,6-10,14-15H2,1-5H3,(H,25,29)/t18-,20+/m1/s1. The van der Waals surface area contributed by atoms with Gasteiger partial charge in [-0.3, -0.25) is 4.79 Å². The maximum absolute atomic E-state index is 12.5. The Morgan fingerprint density at radius 1 is 1.29 bits per heavy atom. The van der Waals surface area contributed by atoms with Gasteiger partial charge < -0.3 is 14.6 Å². The molecule has 0 radical (unpaired) electrons. The molecule has 0 aliphatic heterocycles. The largest absolute Gasteiger partial charge is 0.485 e. The van der Waals surface area contributed by atoms with Gasteiger partial charge in [-0.15, -0.1) is 10.2 Å². The number of amides is 1. The second-order valence-corrected chi connectivity index (χ2v) is 9.79. The number of thioether (sulfide) groups is 1. The number of ether oxygens (including phenoxy) is 1. The van der Waals surface area contributed by atoms with E-state index in [1.165, 1.54) is 42.2 Å². The van der Waals surface area contributed by atoms with E-state index >= 15 is 0 Å². The molecule has 6 nitrogen and oxygen atoms in total. The van der Waals surface area contributed by atoms with Crippen LogP contribution in [-0.4, -0.2) is 32.5 Å². The average Bonchev–Trinajstić information content (AvgIpc) is 3.14. The lowest BCUT2D eigenvalue weighted by molar-refractivity contribution is -0.119. The van der Waals surface area contributed by atoms with Gasteiger partial charge in [0, 0.05) is 12.6 Å². The second kappa shape index (κ2) is 11.0. The summed E-state index contributed by atoms with van der Waals surface area (Å²) in [6.07, 6.45) is 4.76. The predicted octanol–water partition coefficient (Wildman–Crippen LogP) is 5.10. The number of hydrogen-bond donors (Lipinski definition) is 1. The van der Waals surface area contributed by atoms with E-state index in [4.69, 9.17) is 4.74 Å². The summed E-state index contributed by atoms with van der Waals surface area (Å²) in [6.45, 7) is 11.8. The summed E-state index contributed by atoms with van der Waals surface area (Å²) in [5, 5.41) is 12.6. The average molecular weight is 445 g/mol. The summed E-state index contributed by atoms with van der Waals surface area (Å²) < 4.78 is 8.18. The number of nitrogens with zero attached hydrogens (tertiary/aromatic N) is 3. The van der Waals surface area contributed by atoms with E-state index in [2.05, 4.69) is 68.3 Å². The zero-order valence-corrected chi connectivity index (χ0v) is 20.3. The highest BCUT2D eigenvalue weighted by Crippen LogP contribution is 2.28. The number of aryl methyl sites for hydroxylation is 1. The van der Waals surface area contributed by atoms with Crippen molar-refractivity contribution in [3.63, 3.8) is 0 Å². The van der Waals surface area contributed by atoms with Crippen LogP contribution in [0.3, 0.4) is 0 Å². The molecule has 1 aromatic heterocycles. The SMILES string of the molecule is CCn1c(COc2cc(C)ccc2C(C)C)nnc1SCC(=O)N[C@H]1CCCC[C@H]1C. The minimum absolute atomic E-state index is 0.0774. The van der Waals surface area contributed by atoms with Crippen molar-refractivity contribution in [2.75, 3.05) is 5.75 Å². The van der Waals surface area contributed by atoms with E-state index in [1.807, 2.05) is 4.57 Å². The first-order chi connectivity index (χ1) is 14.9. The number of aromatic nitrogens is 3. The van der Waals surface area contributed by atoms with Gasteiger partial charge in [-0.2, -0.15) is 0 Å². The van der Waals surface area contributed by atoms with Crippen molar-refractivity contribution in [3.05, 3.63) is 35.2 Å². The van der Waals surface area contributed by atoms with Crippen LogP contribution in [0.15, 0.2) is 23.4 Å². The molecule has 1 saturated carbocycles. The Morgan fingerprint density at radius 2 is 2.06 bits per heavy atom. The molecular weight excluding hydrogens is 408 g/mol. The number of hydrogen-bond acceptors (Lipinski definition) is 5. The minimum atomic E-state index is 0.0774. The van der Waals surface area contributed by atoms with Crippen molar-refractivity contribution < 1.29 is 9.53 Å². The van der Waals surface area contributed by atoms with Crippen LogP contribution >= 0.6 is 11.8 Å². The maximum Gasteiger partial charge on any atom is 0.230 e. The maximum atomic E-state index is 12.5. The van der Waals surface area contributed by atoms with Crippen molar-refractivity contribution in [2.24, 2.45) is 5.92 Å². The Morgan fingerprint density at radius 3 is 2.77 bits per heavy atom. The zero-order valence-electron chi connectivity index (χ0n) is 19.5.